The van der Waals surface area contributed by atoms with Crippen LogP contribution >= 0.6 is 0 Å². The summed E-state index contributed by atoms with van der Waals surface area (Å²) in [7, 11) is 0. The van der Waals surface area contributed by atoms with Crippen molar-refractivity contribution >= 4 is 29.3 Å². The molecule has 2 aromatic carbocycles. The molecule has 2 aliphatic rings. The van der Waals surface area contributed by atoms with Crippen LogP contribution in [-0.2, 0) is 21.2 Å². The van der Waals surface area contributed by atoms with E-state index in [9.17, 15) is 4.79 Å². The molecule has 0 radical (unpaired) electrons. The van der Waals surface area contributed by atoms with Crippen LogP contribution in [0.3, 0.4) is 0 Å². The van der Waals surface area contributed by atoms with Crippen molar-refractivity contribution in [3.8, 4) is 11.4 Å². The molecule has 0 atom stereocenters. The monoisotopic (exact) mass is 506 g/mol. The third-order valence-corrected chi connectivity index (χ3v) is 8.03. The Hall–Kier alpha value is -3.14. The number of nitrogens with one attached hydrogen (secondary N) is 2. The fraction of sp³-hybridized carbons (Fsp3) is 0.370. The molecule has 3 aromatic rings. The number of thiol groups is 1. The van der Waals surface area contributed by atoms with E-state index in [0.29, 0.717) is 37.7 Å². The number of aromatic nitrogens is 2. The predicted octanol–water partition coefficient (Wildman–Crippen LogP) is 3.35. The molecule has 1 aliphatic carbocycles. The topological polar surface area (TPSA) is 99.6 Å². The maximum absolute atomic E-state index is 12.0. The van der Waals surface area contributed by atoms with Gasteiger partial charge in [0, 0.05) is 68.2 Å². The SMILES string of the molecule is O=C(NCCCO)Nc1ccc(-c2nc(N3CCOCC3)cc(C3([SH+]c4ccccc4)CC3)n2)cc1. The molecule has 1 saturated heterocycles. The summed E-state index contributed by atoms with van der Waals surface area (Å²) in [5.74, 6) is 1.64. The molecular formula is C27H32N5O3S+. The maximum atomic E-state index is 12.0. The Balaban J connectivity index is 1.40. The largest absolute Gasteiger partial charge is 0.396 e. The Bertz CT molecular complexity index is 1170. The van der Waals surface area contributed by atoms with Gasteiger partial charge in [0.15, 0.2) is 15.5 Å². The average molecular weight is 507 g/mol. The smallest absolute Gasteiger partial charge is 0.319 e. The number of rotatable bonds is 9. The van der Waals surface area contributed by atoms with Crippen molar-refractivity contribution in [2.24, 2.45) is 0 Å². The van der Waals surface area contributed by atoms with E-state index in [2.05, 4.69) is 51.9 Å². The molecular weight excluding hydrogens is 474 g/mol. The third kappa shape index (κ3) is 5.98. The van der Waals surface area contributed by atoms with Crippen molar-refractivity contribution in [3.05, 3.63) is 66.4 Å². The summed E-state index contributed by atoms with van der Waals surface area (Å²) in [6.45, 7) is 3.49. The number of benzene rings is 2. The maximum Gasteiger partial charge on any atom is 0.319 e. The lowest BCUT2D eigenvalue weighted by Gasteiger charge is -2.28. The number of hydrogen-bond acceptors (Lipinski definition) is 6. The molecule has 0 bridgehead atoms. The first kappa shape index (κ1) is 24.5. The van der Waals surface area contributed by atoms with Gasteiger partial charge >= 0.3 is 6.03 Å². The molecule has 0 spiro atoms. The van der Waals surface area contributed by atoms with Crippen molar-refractivity contribution in [1.29, 1.82) is 0 Å². The van der Waals surface area contributed by atoms with Crippen LogP contribution in [0.1, 0.15) is 25.0 Å². The van der Waals surface area contributed by atoms with Crippen LogP contribution in [0.5, 0.6) is 0 Å². The van der Waals surface area contributed by atoms with E-state index >= 15 is 0 Å². The highest BCUT2D eigenvalue weighted by Crippen LogP contribution is 2.51. The number of carbonyl (C=O) groups excluding carboxylic acids is 1. The molecule has 0 unspecified atom stereocenters. The second-order valence-electron chi connectivity index (χ2n) is 9.05. The van der Waals surface area contributed by atoms with E-state index in [0.717, 1.165) is 43.0 Å². The molecule has 3 N–H and O–H groups in total. The molecule has 2 amide bonds. The van der Waals surface area contributed by atoms with E-state index in [-0.39, 0.29) is 17.4 Å². The second kappa shape index (κ2) is 11.3. The van der Waals surface area contributed by atoms with Crippen LogP contribution in [0.25, 0.3) is 11.4 Å². The van der Waals surface area contributed by atoms with Gasteiger partial charge in [0.1, 0.15) is 11.5 Å². The zero-order chi connectivity index (χ0) is 24.8. The number of nitrogens with zero attached hydrogens (tertiary/aromatic N) is 3. The van der Waals surface area contributed by atoms with Gasteiger partial charge < -0.3 is 25.4 Å². The Morgan fingerprint density at radius 3 is 2.50 bits per heavy atom. The van der Waals surface area contributed by atoms with E-state index in [1.807, 2.05) is 24.3 Å². The number of hydrogen-bond donors (Lipinski definition) is 3. The lowest BCUT2D eigenvalue weighted by atomic mass is 10.1. The minimum atomic E-state index is -0.292. The number of carbonyl (C=O) groups is 1. The Morgan fingerprint density at radius 1 is 1.06 bits per heavy atom. The zero-order valence-corrected chi connectivity index (χ0v) is 21.1. The second-order valence-corrected chi connectivity index (χ2v) is 10.6. The van der Waals surface area contributed by atoms with Crippen molar-refractivity contribution < 1.29 is 14.6 Å². The highest BCUT2D eigenvalue weighted by Gasteiger charge is 2.55. The van der Waals surface area contributed by atoms with Crippen LogP contribution in [0, 0.1) is 0 Å². The van der Waals surface area contributed by atoms with E-state index in [4.69, 9.17) is 19.8 Å². The van der Waals surface area contributed by atoms with Gasteiger partial charge in [-0.2, -0.15) is 0 Å². The molecule has 1 saturated carbocycles. The Labute approximate surface area is 215 Å². The van der Waals surface area contributed by atoms with Crippen LogP contribution in [0.4, 0.5) is 16.3 Å². The van der Waals surface area contributed by atoms with Gasteiger partial charge in [-0.15, -0.1) is 0 Å². The molecule has 36 heavy (non-hydrogen) atoms. The molecule has 8 nitrogen and oxygen atoms in total. The number of urea groups is 1. The fourth-order valence-electron chi connectivity index (χ4n) is 4.21. The molecule has 1 aromatic heterocycles. The molecule has 9 heteroatoms. The highest BCUT2D eigenvalue weighted by molar-refractivity contribution is 7.80. The summed E-state index contributed by atoms with van der Waals surface area (Å²) >= 11 is 1.28. The molecule has 188 valence electrons. The van der Waals surface area contributed by atoms with Crippen LogP contribution in [-0.4, -0.2) is 60.6 Å². The van der Waals surface area contributed by atoms with Gasteiger partial charge in [-0.3, -0.25) is 0 Å². The summed E-state index contributed by atoms with van der Waals surface area (Å²) in [6, 6.07) is 20.1. The first-order chi connectivity index (χ1) is 17.6. The summed E-state index contributed by atoms with van der Waals surface area (Å²) < 4.78 is 5.58. The van der Waals surface area contributed by atoms with Crippen molar-refractivity contribution in [2.75, 3.05) is 49.7 Å². The van der Waals surface area contributed by atoms with Gasteiger partial charge in [-0.1, -0.05) is 18.2 Å². The lowest BCUT2D eigenvalue weighted by molar-refractivity contribution is 0.122. The quantitative estimate of drug-likeness (QED) is 0.234. The van der Waals surface area contributed by atoms with E-state index in [1.165, 1.54) is 16.7 Å². The standard InChI is InChI=1S/C27H31N5O3S/c33-16-4-13-28-26(34)29-21-9-7-20(8-10-21)25-30-23(19-24(31-25)32-14-17-35-18-15-32)27(11-12-27)36-22-5-2-1-3-6-22/h1-3,5-10,19,33H,4,11-18H2,(H2,28,29,34)/p+1. The number of anilines is 2. The minimum absolute atomic E-state index is 0.0221. The van der Waals surface area contributed by atoms with E-state index in [1.54, 1.807) is 0 Å². The van der Waals surface area contributed by atoms with Gasteiger partial charge in [-0.05, 0) is 42.8 Å². The van der Waals surface area contributed by atoms with Crippen LogP contribution < -0.4 is 15.5 Å². The van der Waals surface area contributed by atoms with Crippen molar-refractivity contribution in [2.45, 2.75) is 28.9 Å². The van der Waals surface area contributed by atoms with Crippen molar-refractivity contribution in [3.63, 3.8) is 0 Å². The Kier molecular flexibility index (Phi) is 7.69. The van der Waals surface area contributed by atoms with E-state index < -0.39 is 0 Å². The Morgan fingerprint density at radius 2 is 1.81 bits per heavy atom. The normalized spacial score (nSPS) is 16.4. The third-order valence-electron chi connectivity index (χ3n) is 6.37. The minimum Gasteiger partial charge on any atom is -0.396 e. The number of ether oxygens (including phenoxy) is 1. The number of aliphatic hydroxyl groups is 1. The highest BCUT2D eigenvalue weighted by atomic mass is 32.2. The molecule has 2 heterocycles. The predicted molar refractivity (Wildman–Crippen MR) is 144 cm³/mol. The number of aliphatic hydroxyl groups excluding tert-OH is 1. The van der Waals surface area contributed by atoms with Crippen LogP contribution in [0.15, 0.2) is 65.6 Å². The van der Waals surface area contributed by atoms with Crippen LogP contribution in [0.2, 0.25) is 0 Å². The molecule has 5 rings (SSSR count). The number of morpholine rings is 1. The van der Waals surface area contributed by atoms with Gasteiger partial charge in [0.2, 0.25) is 0 Å². The van der Waals surface area contributed by atoms with Gasteiger partial charge in [0.25, 0.3) is 0 Å². The summed E-state index contributed by atoms with van der Waals surface area (Å²) in [6.07, 6.45) is 2.74. The van der Waals surface area contributed by atoms with Gasteiger partial charge in [-0.25, -0.2) is 14.8 Å². The number of amides is 2. The first-order valence-electron chi connectivity index (χ1n) is 12.4. The lowest BCUT2D eigenvalue weighted by Crippen LogP contribution is -2.37. The van der Waals surface area contributed by atoms with Gasteiger partial charge in [0.05, 0.1) is 13.2 Å². The average Bonchev–Trinajstić information content (AvgIpc) is 3.71. The fourth-order valence-corrected chi connectivity index (χ4v) is 5.59. The molecule has 1 aliphatic heterocycles. The summed E-state index contributed by atoms with van der Waals surface area (Å²) in [4.78, 5) is 25.6. The summed E-state index contributed by atoms with van der Waals surface area (Å²) in [5, 5.41) is 14.4. The van der Waals surface area contributed by atoms with Crippen molar-refractivity contribution in [1.82, 2.24) is 15.3 Å². The summed E-state index contributed by atoms with van der Waals surface area (Å²) in [5.41, 5.74) is 2.68. The first-order valence-corrected chi connectivity index (χ1v) is 13.3. The molecule has 2 fully saturated rings. The zero-order valence-electron chi connectivity index (χ0n) is 20.2.